The van der Waals surface area contributed by atoms with Crippen molar-refractivity contribution in [2.75, 3.05) is 20.2 Å². The minimum atomic E-state index is -0.145. The lowest BCUT2D eigenvalue weighted by atomic mass is 10.0. The number of hydrogen-bond acceptors (Lipinski definition) is 4. The van der Waals surface area contributed by atoms with Crippen LogP contribution in [-0.2, 0) is 11.3 Å². The number of carbonyl (C=O) groups is 1. The average Bonchev–Trinajstić information content (AvgIpc) is 2.92. The second-order valence-corrected chi connectivity index (χ2v) is 4.79. The number of likely N-dealkylation sites (N-methyl/N-ethyl adjacent to an activating group) is 1. The van der Waals surface area contributed by atoms with Crippen LogP contribution in [0.5, 0.6) is 0 Å². The fraction of sp³-hybridized carbons (Fsp3) is 0.333. The Hall–Kier alpha value is -1.98. The molecule has 1 atom stereocenters. The van der Waals surface area contributed by atoms with Crippen LogP contribution in [0, 0.1) is 0 Å². The number of carbonyl (C=O) groups excluding carboxylic acids is 1. The van der Waals surface area contributed by atoms with E-state index in [4.69, 9.17) is 4.74 Å². The standard InChI is InChI=1S/C15H17N3O2/c1-16-10-14(19)12-9-13-15(11-5-3-2-4-6-11)20-8-7-18(13)17-12/h2-6,9,15-16H,7-8,10H2,1H3. The molecule has 3 rings (SSSR count). The van der Waals surface area contributed by atoms with Gasteiger partial charge in [0.05, 0.1) is 25.4 Å². The lowest BCUT2D eigenvalue weighted by Gasteiger charge is -2.24. The first-order valence-corrected chi connectivity index (χ1v) is 6.71. The van der Waals surface area contributed by atoms with Crippen LogP contribution in [0.2, 0.25) is 0 Å². The van der Waals surface area contributed by atoms with Crippen LogP contribution >= 0.6 is 0 Å². The summed E-state index contributed by atoms with van der Waals surface area (Å²) in [5.41, 5.74) is 2.53. The van der Waals surface area contributed by atoms with Crippen molar-refractivity contribution in [1.82, 2.24) is 15.1 Å². The van der Waals surface area contributed by atoms with Crippen molar-refractivity contribution < 1.29 is 9.53 Å². The third-order valence-electron chi connectivity index (χ3n) is 3.39. The van der Waals surface area contributed by atoms with Gasteiger partial charge in [-0.3, -0.25) is 9.48 Å². The highest BCUT2D eigenvalue weighted by Gasteiger charge is 2.26. The van der Waals surface area contributed by atoms with E-state index in [2.05, 4.69) is 10.4 Å². The second kappa shape index (κ2) is 5.56. The van der Waals surface area contributed by atoms with E-state index in [1.807, 2.05) is 41.1 Å². The Morgan fingerprint density at radius 2 is 2.25 bits per heavy atom. The lowest BCUT2D eigenvalue weighted by Crippen LogP contribution is -2.23. The molecule has 104 valence electrons. The second-order valence-electron chi connectivity index (χ2n) is 4.79. The fourth-order valence-electron chi connectivity index (χ4n) is 2.45. The molecule has 0 bridgehead atoms. The summed E-state index contributed by atoms with van der Waals surface area (Å²) in [7, 11) is 1.75. The molecule has 1 aliphatic rings. The van der Waals surface area contributed by atoms with Crippen molar-refractivity contribution in [3.63, 3.8) is 0 Å². The summed E-state index contributed by atoms with van der Waals surface area (Å²) in [4.78, 5) is 11.9. The molecule has 0 saturated heterocycles. The molecule has 0 fully saturated rings. The minimum absolute atomic E-state index is 0.00112. The molecule has 0 saturated carbocycles. The number of ether oxygens (including phenoxy) is 1. The van der Waals surface area contributed by atoms with Crippen molar-refractivity contribution in [3.8, 4) is 0 Å². The van der Waals surface area contributed by atoms with Gasteiger partial charge < -0.3 is 10.1 Å². The zero-order valence-corrected chi connectivity index (χ0v) is 11.4. The van der Waals surface area contributed by atoms with Crippen molar-refractivity contribution in [3.05, 3.63) is 53.3 Å². The van der Waals surface area contributed by atoms with Gasteiger partial charge in [0.15, 0.2) is 5.78 Å². The number of ketones is 1. The quantitative estimate of drug-likeness (QED) is 0.854. The topological polar surface area (TPSA) is 56.2 Å². The van der Waals surface area contributed by atoms with Gasteiger partial charge in [-0.2, -0.15) is 5.10 Å². The number of aromatic nitrogens is 2. The molecule has 0 amide bonds. The Morgan fingerprint density at radius 1 is 1.45 bits per heavy atom. The van der Waals surface area contributed by atoms with E-state index in [9.17, 15) is 4.79 Å². The van der Waals surface area contributed by atoms with Gasteiger partial charge in [0.2, 0.25) is 0 Å². The Bertz CT molecular complexity index is 607. The van der Waals surface area contributed by atoms with Crippen molar-refractivity contribution in [2.24, 2.45) is 0 Å². The molecule has 2 heterocycles. The molecule has 1 unspecified atom stereocenters. The molecule has 0 aliphatic carbocycles. The van der Waals surface area contributed by atoms with Crippen LogP contribution in [-0.4, -0.2) is 35.8 Å². The molecule has 5 nitrogen and oxygen atoms in total. The van der Waals surface area contributed by atoms with Gasteiger partial charge in [-0.25, -0.2) is 0 Å². The number of fused-ring (bicyclic) bond motifs is 1. The van der Waals surface area contributed by atoms with Crippen LogP contribution in [0.25, 0.3) is 0 Å². The first-order valence-electron chi connectivity index (χ1n) is 6.71. The maximum atomic E-state index is 11.9. The summed E-state index contributed by atoms with van der Waals surface area (Å²) >= 11 is 0. The number of nitrogens with one attached hydrogen (secondary N) is 1. The van der Waals surface area contributed by atoms with Gasteiger partial charge in [0.1, 0.15) is 11.8 Å². The zero-order valence-electron chi connectivity index (χ0n) is 11.4. The van der Waals surface area contributed by atoms with Crippen LogP contribution in [0.15, 0.2) is 36.4 Å². The van der Waals surface area contributed by atoms with Crippen LogP contribution in [0.4, 0.5) is 0 Å². The summed E-state index contributed by atoms with van der Waals surface area (Å²) in [6.45, 7) is 1.59. The summed E-state index contributed by atoms with van der Waals surface area (Å²) in [6, 6.07) is 11.9. The number of rotatable bonds is 4. The van der Waals surface area contributed by atoms with Gasteiger partial charge >= 0.3 is 0 Å². The predicted octanol–water partition coefficient (Wildman–Crippen LogP) is 1.40. The summed E-state index contributed by atoms with van der Waals surface area (Å²) < 4.78 is 7.73. The number of Topliss-reactive ketones (excluding diaryl/α,β-unsaturated/α-hetero) is 1. The molecule has 2 aromatic rings. The Balaban J connectivity index is 1.95. The largest absolute Gasteiger partial charge is 0.365 e. The van der Waals surface area contributed by atoms with E-state index >= 15 is 0 Å². The summed E-state index contributed by atoms with van der Waals surface area (Å²) in [5, 5.41) is 7.25. The molecular weight excluding hydrogens is 254 g/mol. The molecular formula is C15H17N3O2. The van der Waals surface area contributed by atoms with Crippen molar-refractivity contribution in [1.29, 1.82) is 0 Å². The average molecular weight is 271 g/mol. The predicted molar refractivity (Wildman–Crippen MR) is 74.7 cm³/mol. The van der Waals surface area contributed by atoms with E-state index < -0.39 is 0 Å². The normalized spacial score (nSPS) is 17.8. The van der Waals surface area contributed by atoms with Crippen LogP contribution < -0.4 is 5.32 Å². The first-order chi connectivity index (χ1) is 9.79. The molecule has 20 heavy (non-hydrogen) atoms. The van der Waals surface area contributed by atoms with E-state index in [0.29, 0.717) is 25.4 Å². The van der Waals surface area contributed by atoms with Gasteiger partial charge in [-0.15, -0.1) is 0 Å². The number of nitrogens with zero attached hydrogens (tertiary/aromatic N) is 2. The highest BCUT2D eigenvalue weighted by atomic mass is 16.5. The third-order valence-corrected chi connectivity index (χ3v) is 3.39. The summed E-state index contributed by atoms with van der Waals surface area (Å²) in [6.07, 6.45) is -0.145. The Kier molecular flexibility index (Phi) is 3.62. The number of hydrogen-bond donors (Lipinski definition) is 1. The van der Waals surface area contributed by atoms with Crippen molar-refractivity contribution >= 4 is 5.78 Å². The first kappa shape index (κ1) is 13.0. The fourth-order valence-corrected chi connectivity index (χ4v) is 2.45. The van der Waals surface area contributed by atoms with Gasteiger partial charge in [0.25, 0.3) is 0 Å². The summed E-state index contributed by atoms with van der Waals surface area (Å²) in [5.74, 6) is 0.00112. The molecule has 1 aromatic carbocycles. The van der Waals surface area contributed by atoms with Gasteiger partial charge in [-0.05, 0) is 18.7 Å². The lowest BCUT2D eigenvalue weighted by molar-refractivity contribution is 0.0421. The highest BCUT2D eigenvalue weighted by Crippen LogP contribution is 2.29. The molecule has 5 heteroatoms. The van der Waals surface area contributed by atoms with Crippen LogP contribution in [0.3, 0.4) is 0 Å². The van der Waals surface area contributed by atoms with E-state index in [-0.39, 0.29) is 11.9 Å². The zero-order chi connectivity index (χ0) is 13.9. The maximum absolute atomic E-state index is 11.9. The molecule has 0 spiro atoms. The van der Waals surface area contributed by atoms with E-state index in [1.54, 1.807) is 7.05 Å². The number of benzene rings is 1. The molecule has 0 radical (unpaired) electrons. The van der Waals surface area contributed by atoms with Crippen LogP contribution in [0.1, 0.15) is 27.8 Å². The molecule has 1 N–H and O–H groups in total. The third kappa shape index (κ3) is 2.37. The molecule has 1 aliphatic heterocycles. The van der Waals surface area contributed by atoms with Gasteiger partial charge in [0, 0.05) is 0 Å². The monoisotopic (exact) mass is 271 g/mol. The van der Waals surface area contributed by atoms with Crippen molar-refractivity contribution in [2.45, 2.75) is 12.6 Å². The van der Waals surface area contributed by atoms with E-state index in [1.165, 1.54) is 0 Å². The molecule has 1 aromatic heterocycles. The van der Waals surface area contributed by atoms with Gasteiger partial charge in [-0.1, -0.05) is 30.3 Å². The Labute approximate surface area is 117 Å². The minimum Gasteiger partial charge on any atom is -0.365 e. The highest BCUT2D eigenvalue weighted by molar-refractivity contribution is 5.95. The smallest absolute Gasteiger partial charge is 0.196 e. The Morgan fingerprint density at radius 3 is 3.00 bits per heavy atom. The maximum Gasteiger partial charge on any atom is 0.196 e. The van der Waals surface area contributed by atoms with E-state index in [0.717, 1.165) is 11.3 Å². The SMILES string of the molecule is CNCC(=O)c1cc2n(n1)CCOC2c1ccccc1.